The molecule has 6 nitrogen and oxygen atoms in total. The van der Waals surface area contributed by atoms with Gasteiger partial charge in [0.15, 0.2) is 5.78 Å². The highest BCUT2D eigenvalue weighted by Crippen LogP contribution is 2.33. The lowest BCUT2D eigenvalue weighted by atomic mass is 9.91. The number of Topliss-reactive ketones (excluding diaryl/α,β-unsaturated/α-hetero) is 1. The number of hydrogen-bond donors (Lipinski definition) is 0. The zero-order valence-corrected chi connectivity index (χ0v) is 16.7. The van der Waals surface area contributed by atoms with E-state index in [2.05, 4.69) is 5.10 Å². The molecule has 0 radical (unpaired) electrons. The summed E-state index contributed by atoms with van der Waals surface area (Å²) in [4.78, 5) is 24.8. The number of carbonyl (C=O) groups is 1. The number of benzene rings is 1. The first-order valence-electron chi connectivity index (χ1n) is 9.49. The van der Waals surface area contributed by atoms with Gasteiger partial charge in [0.05, 0.1) is 16.8 Å². The van der Waals surface area contributed by atoms with Crippen molar-refractivity contribution >= 4 is 11.3 Å². The first kappa shape index (κ1) is 18.8. The van der Waals surface area contributed by atoms with Gasteiger partial charge in [0.25, 0.3) is 5.56 Å². The number of fused-ring (bicyclic) bond motifs is 1. The maximum Gasteiger partial charge on any atom is 0.267 e. The summed E-state index contributed by atoms with van der Waals surface area (Å²) in [5.74, 6) is -0.0487. The Morgan fingerprint density at radius 1 is 0.931 bits per heavy atom. The summed E-state index contributed by atoms with van der Waals surface area (Å²) in [6, 6.07) is 18.8. The number of aromatic nitrogens is 4. The summed E-state index contributed by atoms with van der Waals surface area (Å²) in [5.41, 5.74) is 3.19. The van der Waals surface area contributed by atoms with E-state index >= 15 is 0 Å². The minimum atomic E-state index is -0.545. The van der Waals surface area contributed by atoms with E-state index in [9.17, 15) is 9.59 Å². The quantitative estimate of drug-likeness (QED) is 0.534. The van der Waals surface area contributed by atoms with Crippen LogP contribution in [-0.4, -0.2) is 25.2 Å². The number of ketones is 1. The fraction of sp³-hybridized carbons (Fsp3) is 0.217. The van der Waals surface area contributed by atoms with Crippen LogP contribution in [0.4, 0.5) is 0 Å². The van der Waals surface area contributed by atoms with Gasteiger partial charge in [0.2, 0.25) is 0 Å². The van der Waals surface area contributed by atoms with Gasteiger partial charge in [-0.15, -0.1) is 0 Å². The molecule has 0 atom stereocenters. The average molecular weight is 386 g/mol. The Kier molecular flexibility index (Phi) is 4.62. The first-order chi connectivity index (χ1) is 13.8. The van der Waals surface area contributed by atoms with Gasteiger partial charge in [-0.25, -0.2) is 9.20 Å². The first-order valence-corrected chi connectivity index (χ1v) is 9.49. The predicted molar refractivity (Wildman–Crippen MR) is 113 cm³/mol. The van der Waals surface area contributed by atoms with Crippen molar-refractivity contribution in [3.8, 4) is 22.5 Å². The second-order valence-electron chi connectivity index (χ2n) is 8.01. The van der Waals surface area contributed by atoms with E-state index in [-0.39, 0.29) is 17.9 Å². The highest BCUT2D eigenvalue weighted by Gasteiger charge is 2.23. The molecule has 0 aliphatic heterocycles. The van der Waals surface area contributed by atoms with Crippen molar-refractivity contribution in [1.29, 1.82) is 0 Å². The minimum Gasteiger partial charge on any atom is -0.297 e. The third kappa shape index (κ3) is 3.61. The second-order valence-corrected chi connectivity index (χ2v) is 8.01. The number of nitrogens with zero attached hydrogens (tertiary/aromatic N) is 4. The second kappa shape index (κ2) is 7.13. The van der Waals surface area contributed by atoms with Crippen molar-refractivity contribution in [3.63, 3.8) is 0 Å². The van der Waals surface area contributed by atoms with E-state index in [1.165, 1.54) is 10.7 Å². The van der Waals surface area contributed by atoms with Gasteiger partial charge < -0.3 is 0 Å². The zero-order valence-electron chi connectivity index (χ0n) is 16.7. The summed E-state index contributed by atoms with van der Waals surface area (Å²) in [6.45, 7) is 5.45. The lowest BCUT2D eigenvalue weighted by Gasteiger charge is -2.17. The van der Waals surface area contributed by atoms with Crippen LogP contribution in [-0.2, 0) is 11.3 Å². The summed E-state index contributed by atoms with van der Waals surface area (Å²) < 4.78 is 3.04. The molecule has 0 spiro atoms. The van der Waals surface area contributed by atoms with Crippen LogP contribution in [0.1, 0.15) is 20.8 Å². The standard InChI is InChI=1S/C23H22N4O2/c1-23(2,3)19(28)15-27-20(29)13-12-17(24-27)21-18-11-7-8-14-26(18)25-22(21)16-9-5-4-6-10-16/h4-14H,15H2,1-3H3. The highest BCUT2D eigenvalue weighted by molar-refractivity contribution is 5.90. The van der Waals surface area contributed by atoms with Crippen molar-refractivity contribution in [3.05, 3.63) is 77.2 Å². The van der Waals surface area contributed by atoms with E-state index in [1.807, 2.05) is 75.5 Å². The Morgan fingerprint density at radius 3 is 2.38 bits per heavy atom. The summed E-state index contributed by atoms with van der Waals surface area (Å²) in [7, 11) is 0. The Labute approximate surface area is 168 Å². The average Bonchev–Trinajstić information content (AvgIpc) is 3.09. The molecule has 4 rings (SSSR count). The SMILES string of the molecule is CC(C)(C)C(=O)Cn1nc(-c2c(-c3ccccc3)nn3ccccc23)ccc1=O. The third-order valence-electron chi connectivity index (χ3n) is 4.84. The van der Waals surface area contributed by atoms with Crippen LogP contribution in [0.15, 0.2) is 71.7 Å². The topological polar surface area (TPSA) is 69.3 Å². The monoisotopic (exact) mass is 386 g/mol. The van der Waals surface area contributed by atoms with Gasteiger partial charge in [-0.2, -0.15) is 10.2 Å². The van der Waals surface area contributed by atoms with E-state index in [0.717, 1.165) is 22.3 Å². The molecular weight excluding hydrogens is 364 g/mol. The van der Waals surface area contributed by atoms with E-state index < -0.39 is 5.41 Å². The number of hydrogen-bond acceptors (Lipinski definition) is 4. The van der Waals surface area contributed by atoms with Gasteiger partial charge in [-0.05, 0) is 18.2 Å². The van der Waals surface area contributed by atoms with Crippen molar-refractivity contribution < 1.29 is 4.79 Å². The lowest BCUT2D eigenvalue weighted by Crippen LogP contribution is -2.32. The largest absolute Gasteiger partial charge is 0.297 e. The van der Waals surface area contributed by atoms with Crippen molar-refractivity contribution in [2.75, 3.05) is 0 Å². The molecule has 0 aliphatic carbocycles. The normalized spacial score (nSPS) is 11.7. The maximum atomic E-state index is 12.5. The molecule has 3 heterocycles. The molecule has 0 N–H and O–H groups in total. The van der Waals surface area contributed by atoms with Crippen LogP contribution >= 0.6 is 0 Å². The van der Waals surface area contributed by atoms with Crippen LogP contribution in [0.3, 0.4) is 0 Å². The third-order valence-corrected chi connectivity index (χ3v) is 4.84. The van der Waals surface area contributed by atoms with Crippen molar-refractivity contribution in [1.82, 2.24) is 19.4 Å². The van der Waals surface area contributed by atoms with Crippen molar-refractivity contribution in [2.45, 2.75) is 27.3 Å². The van der Waals surface area contributed by atoms with Crippen LogP contribution in [0, 0.1) is 5.41 Å². The molecule has 4 aromatic rings. The Bertz CT molecular complexity index is 1250. The molecule has 146 valence electrons. The molecule has 1 aromatic carbocycles. The van der Waals surface area contributed by atoms with E-state index in [1.54, 1.807) is 10.6 Å². The lowest BCUT2D eigenvalue weighted by molar-refractivity contribution is -0.127. The predicted octanol–water partition coefficient (Wildman–Crippen LogP) is 3.84. The molecule has 29 heavy (non-hydrogen) atoms. The zero-order chi connectivity index (χ0) is 20.6. The van der Waals surface area contributed by atoms with E-state index in [4.69, 9.17) is 5.10 Å². The van der Waals surface area contributed by atoms with Crippen molar-refractivity contribution in [2.24, 2.45) is 5.41 Å². The van der Waals surface area contributed by atoms with E-state index in [0.29, 0.717) is 5.69 Å². The molecule has 0 bridgehead atoms. The van der Waals surface area contributed by atoms with Gasteiger partial charge in [-0.1, -0.05) is 57.2 Å². The molecular formula is C23H22N4O2. The maximum absolute atomic E-state index is 12.5. The highest BCUT2D eigenvalue weighted by atomic mass is 16.1. The molecule has 0 amide bonds. The number of pyridine rings is 1. The van der Waals surface area contributed by atoms with Crippen LogP contribution in [0.5, 0.6) is 0 Å². The van der Waals surface area contributed by atoms with Gasteiger partial charge in [0, 0.05) is 23.2 Å². The van der Waals surface area contributed by atoms with Gasteiger partial charge in [0.1, 0.15) is 12.2 Å². The van der Waals surface area contributed by atoms with Gasteiger partial charge >= 0.3 is 0 Å². The van der Waals surface area contributed by atoms with Crippen LogP contribution in [0.25, 0.3) is 28.0 Å². The fourth-order valence-corrected chi connectivity index (χ4v) is 3.12. The Morgan fingerprint density at radius 2 is 1.66 bits per heavy atom. The van der Waals surface area contributed by atoms with Crippen LogP contribution < -0.4 is 5.56 Å². The number of carbonyl (C=O) groups excluding carboxylic acids is 1. The smallest absolute Gasteiger partial charge is 0.267 e. The molecule has 3 aromatic heterocycles. The molecule has 0 saturated carbocycles. The molecule has 0 fully saturated rings. The molecule has 0 unspecified atom stereocenters. The molecule has 0 saturated heterocycles. The minimum absolute atomic E-state index is 0.0487. The fourth-order valence-electron chi connectivity index (χ4n) is 3.12. The Hall–Kier alpha value is -3.54. The molecule has 0 aliphatic rings. The number of rotatable bonds is 4. The summed E-state index contributed by atoms with van der Waals surface area (Å²) in [5, 5.41) is 9.27. The molecule has 6 heteroatoms. The van der Waals surface area contributed by atoms with Gasteiger partial charge in [-0.3, -0.25) is 9.59 Å². The Balaban J connectivity index is 1.90. The summed E-state index contributed by atoms with van der Waals surface area (Å²) in [6.07, 6.45) is 1.88. The summed E-state index contributed by atoms with van der Waals surface area (Å²) >= 11 is 0. The van der Waals surface area contributed by atoms with Crippen LogP contribution in [0.2, 0.25) is 0 Å².